The van der Waals surface area contributed by atoms with Gasteiger partial charge in [0.05, 0.1) is 9.82 Å². The lowest BCUT2D eigenvalue weighted by atomic mass is 10.1. The Balaban J connectivity index is 1.89. The molecule has 0 saturated heterocycles. The number of nitrogens with zero attached hydrogens (tertiary/aromatic N) is 1. The quantitative estimate of drug-likeness (QED) is 0.430. The first-order valence-electron chi connectivity index (χ1n) is 9.33. The van der Waals surface area contributed by atoms with Crippen molar-refractivity contribution in [1.29, 1.82) is 0 Å². The minimum atomic E-state index is -3.77. The van der Waals surface area contributed by atoms with E-state index in [0.29, 0.717) is 22.5 Å². The van der Waals surface area contributed by atoms with Crippen LogP contribution in [-0.4, -0.2) is 31.4 Å². The molecule has 164 valence electrons. The maximum atomic E-state index is 12.8. The molecule has 9 nitrogen and oxygen atoms in total. The van der Waals surface area contributed by atoms with Gasteiger partial charge in [0.25, 0.3) is 17.5 Å². The summed E-state index contributed by atoms with van der Waals surface area (Å²) in [5.74, 6) is -1.05. The SMILES string of the molecule is Cc1c(NC(=O)c2ccccc2)cccc1NC(=O)c1cc([N+](=O)[O-])cc(S(C)(=O)=O)c1. The first kappa shape index (κ1) is 22.6. The number of carbonyl (C=O) groups excluding carboxylic acids is 2. The molecule has 3 rings (SSSR count). The van der Waals surface area contributed by atoms with Gasteiger partial charge in [0.2, 0.25) is 0 Å². The smallest absolute Gasteiger partial charge is 0.271 e. The number of benzene rings is 3. The van der Waals surface area contributed by atoms with E-state index in [0.717, 1.165) is 24.5 Å². The van der Waals surface area contributed by atoms with Crippen LogP contribution in [0.4, 0.5) is 17.1 Å². The lowest BCUT2D eigenvalue weighted by Crippen LogP contribution is -2.16. The summed E-state index contributed by atoms with van der Waals surface area (Å²) in [5, 5.41) is 16.6. The molecule has 0 aliphatic heterocycles. The molecule has 10 heteroatoms. The van der Waals surface area contributed by atoms with Crippen LogP contribution in [0.2, 0.25) is 0 Å². The van der Waals surface area contributed by atoms with Crippen LogP contribution in [0, 0.1) is 17.0 Å². The first-order chi connectivity index (χ1) is 15.1. The fraction of sp³-hybridized carbons (Fsp3) is 0.0909. The molecule has 0 spiro atoms. The number of non-ortho nitro benzene ring substituents is 1. The monoisotopic (exact) mass is 453 g/mol. The van der Waals surface area contributed by atoms with E-state index in [1.165, 1.54) is 0 Å². The third kappa shape index (κ3) is 5.16. The number of nitrogens with one attached hydrogen (secondary N) is 2. The zero-order valence-corrected chi connectivity index (χ0v) is 18.0. The van der Waals surface area contributed by atoms with Gasteiger partial charge >= 0.3 is 0 Å². The summed E-state index contributed by atoms with van der Waals surface area (Å²) in [6.07, 6.45) is 0.900. The second-order valence-corrected chi connectivity index (χ2v) is 9.01. The fourth-order valence-electron chi connectivity index (χ4n) is 2.92. The van der Waals surface area contributed by atoms with Crippen molar-refractivity contribution in [2.75, 3.05) is 16.9 Å². The molecule has 0 bridgehead atoms. The molecule has 0 radical (unpaired) electrons. The van der Waals surface area contributed by atoms with Gasteiger partial charge in [0.1, 0.15) is 0 Å². The zero-order chi connectivity index (χ0) is 23.5. The lowest BCUT2D eigenvalue weighted by molar-refractivity contribution is -0.385. The van der Waals surface area contributed by atoms with Gasteiger partial charge in [-0.1, -0.05) is 24.3 Å². The predicted octanol–water partition coefficient (Wildman–Crippen LogP) is 3.81. The molecule has 0 heterocycles. The molecule has 0 unspecified atom stereocenters. The van der Waals surface area contributed by atoms with E-state index in [-0.39, 0.29) is 16.4 Å². The maximum Gasteiger partial charge on any atom is 0.271 e. The van der Waals surface area contributed by atoms with Crippen LogP contribution in [0.1, 0.15) is 26.3 Å². The molecule has 3 aromatic rings. The summed E-state index contributed by atoms with van der Waals surface area (Å²) in [5.41, 5.74) is 1.14. The second-order valence-electron chi connectivity index (χ2n) is 7.00. The minimum absolute atomic E-state index is 0.183. The van der Waals surface area contributed by atoms with Crippen LogP contribution < -0.4 is 10.6 Å². The van der Waals surface area contributed by atoms with Crippen molar-refractivity contribution in [3.63, 3.8) is 0 Å². The van der Waals surface area contributed by atoms with Gasteiger partial charge in [-0.05, 0) is 42.8 Å². The largest absolute Gasteiger partial charge is 0.322 e. The molecule has 2 amide bonds. The Morgan fingerprint density at radius 2 is 1.41 bits per heavy atom. The fourth-order valence-corrected chi connectivity index (χ4v) is 3.59. The van der Waals surface area contributed by atoms with Crippen molar-refractivity contribution >= 4 is 38.7 Å². The summed E-state index contributed by atoms with van der Waals surface area (Å²) in [7, 11) is -3.77. The van der Waals surface area contributed by atoms with Crippen molar-refractivity contribution in [2.45, 2.75) is 11.8 Å². The average Bonchev–Trinajstić information content (AvgIpc) is 2.76. The Labute approximate surface area is 184 Å². The minimum Gasteiger partial charge on any atom is -0.322 e. The van der Waals surface area contributed by atoms with Crippen LogP contribution in [-0.2, 0) is 9.84 Å². The van der Waals surface area contributed by atoms with Crippen molar-refractivity contribution in [2.24, 2.45) is 0 Å². The molecule has 3 aromatic carbocycles. The molecule has 2 N–H and O–H groups in total. The van der Waals surface area contributed by atoms with Gasteiger partial charge in [0, 0.05) is 40.9 Å². The summed E-state index contributed by atoms with van der Waals surface area (Å²) in [6, 6.07) is 16.5. The second kappa shape index (κ2) is 8.98. The normalized spacial score (nSPS) is 10.9. The molecule has 0 fully saturated rings. The Kier molecular flexibility index (Phi) is 6.35. The topological polar surface area (TPSA) is 135 Å². The summed E-state index contributed by atoms with van der Waals surface area (Å²) in [4.78, 5) is 35.3. The number of nitro groups is 1. The lowest BCUT2D eigenvalue weighted by Gasteiger charge is -2.14. The predicted molar refractivity (Wildman–Crippen MR) is 120 cm³/mol. The van der Waals surface area contributed by atoms with Crippen molar-refractivity contribution in [3.8, 4) is 0 Å². The van der Waals surface area contributed by atoms with Gasteiger partial charge < -0.3 is 10.6 Å². The van der Waals surface area contributed by atoms with Crippen LogP contribution >= 0.6 is 0 Å². The summed E-state index contributed by atoms with van der Waals surface area (Å²) < 4.78 is 23.7. The molecule has 0 atom stereocenters. The molecular weight excluding hydrogens is 434 g/mol. The van der Waals surface area contributed by atoms with Crippen molar-refractivity contribution < 1.29 is 22.9 Å². The third-order valence-corrected chi connectivity index (χ3v) is 5.75. The number of nitro benzene ring substituents is 1. The molecular formula is C22H19N3O6S. The van der Waals surface area contributed by atoms with E-state index in [2.05, 4.69) is 10.6 Å². The first-order valence-corrected chi connectivity index (χ1v) is 11.2. The number of hydrogen-bond donors (Lipinski definition) is 2. The van der Waals surface area contributed by atoms with Gasteiger partial charge in [0.15, 0.2) is 9.84 Å². The van der Waals surface area contributed by atoms with Gasteiger partial charge in [-0.15, -0.1) is 0 Å². The van der Waals surface area contributed by atoms with Gasteiger partial charge in [-0.3, -0.25) is 19.7 Å². The summed E-state index contributed by atoms with van der Waals surface area (Å²) >= 11 is 0. The molecule has 0 aliphatic carbocycles. The van der Waals surface area contributed by atoms with E-state index in [4.69, 9.17) is 0 Å². The Morgan fingerprint density at radius 3 is 1.94 bits per heavy atom. The Morgan fingerprint density at radius 1 is 0.844 bits per heavy atom. The molecule has 0 saturated carbocycles. The maximum absolute atomic E-state index is 12.8. The number of hydrogen-bond acceptors (Lipinski definition) is 6. The number of sulfone groups is 1. The van der Waals surface area contributed by atoms with Crippen LogP contribution in [0.15, 0.2) is 71.6 Å². The van der Waals surface area contributed by atoms with E-state index in [9.17, 15) is 28.1 Å². The van der Waals surface area contributed by atoms with Crippen molar-refractivity contribution in [3.05, 3.63) is 93.5 Å². The van der Waals surface area contributed by atoms with Gasteiger partial charge in [-0.25, -0.2) is 8.42 Å². The number of rotatable bonds is 6. The van der Waals surface area contributed by atoms with Crippen LogP contribution in [0.25, 0.3) is 0 Å². The molecule has 32 heavy (non-hydrogen) atoms. The molecule has 0 aliphatic rings. The zero-order valence-electron chi connectivity index (χ0n) is 17.2. The van der Waals surface area contributed by atoms with E-state index >= 15 is 0 Å². The highest BCUT2D eigenvalue weighted by molar-refractivity contribution is 7.90. The Hall–Kier alpha value is -4.05. The van der Waals surface area contributed by atoms with E-state index < -0.39 is 26.4 Å². The summed E-state index contributed by atoms with van der Waals surface area (Å²) in [6.45, 7) is 1.69. The van der Waals surface area contributed by atoms with Crippen LogP contribution in [0.3, 0.4) is 0 Å². The average molecular weight is 453 g/mol. The van der Waals surface area contributed by atoms with Crippen molar-refractivity contribution in [1.82, 2.24) is 0 Å². The number of anilines is 2. The highest BCUT2D eigenvalue weighted by Crippen LogP contribution is 2.26. The number of carbonyl (C=O) groups is 2. The molecule has 0 aromatic heterocycles. The van der Waals surface area contributed by atoms with E-state index in [1.54, 1.807) is 55.5 Å². The van der Waals surface area contributed by atoms with Crippen LogP contribution in [0.5, 0.6) is 0 Å². The third-order valence-electron chi connectivity index (χ3n) is 4.66. The highest BCUT2D eigenvalue weighted by atomic mass is 32.2. The standard InChI is InChI=1S/C22H19N3O6S/c1-14-19(23-21(26)15-7-4-3-5-8-15)9-6-10-20(14)24-22(27)16-11-17(25(28)29)13-18(12-16)32(2,30)31/h3-13H,1-2H3,(H,23,26)(H,24,27). The Bertz CT molecular complexity index is 1320. The van der Waals surface area contributed by atoms with E-state index in [1.807, 2.05) is 0 Å². The highest BCUT2D eigenvalue weighted by Gasteiger charge is 2.20. The van der Waals surface area contributed by atoms with Gasteiger partial charge in [-0.2, -0.15) is 0 Å². The number of amides is 2.